The molecule has 0 spiro atoms. The maximum absolute atomic E-state index is 10.3. The summed E-state index contributed by atoms with van der Waals surface area (Å²) in [5.41, 5.74) is 0.792. The van der Waals surface area contributed by atoms with Gasteiger partial charge in [-0.25, -0.2) is 4.79 Å². The first-order chi connectivity index (χ1) is 7.63. The summed E-state index contributed by atoms with van der Waals surface area (Å²) in [7, 11) is 0. The zero-order valence-electron chi connectivity index (χ0n) is 8.52. The second-order valence-electron chi connectivity index (χ2n) is 2.96. The summed E-state index contributed by atoms with van der Waals surface area (Å²) in [6, 6.07) is 5.34. The van der Waals surface area contributed by atoms with Crippen molar-refractivity contribution in [3.63, 3.8) is 0 Å². The zero-order chi connectivity index (χ0) is 12.0. The van der Waals surface area contributed by atoms with Gasteiger partial charge in [0.25, 0.3) is 0 Å². The first kappa shape index (κ1) is 12.5. The van der Waals surface area contributed by atoms with Gasteiger partial charge in [-0.2, -0.15) is 0 Å². The fraction of sp³-hybridized carbons (Fsp3) is 0.0833. The topological polar surface area (TPSA) is 46.5 Å². The fourth-order valence-electron chi connectivity index (χ4n) is 1.05. The van der Waals surface area contributed by atoms with Crippen LogP contribution in [0.25, 0.3) is 6.08 Å². The Morgan fingerprint density at radius 1 is 1.56 bits per heavy atom. The Morgan fingerprint density at radius 2 is 2.31 bits per heavy atom. The lowest BCUT2D eigenvalue weighted by molar-refractivity contribution is -0.131. The predicted octanol–water partition coefficient (Wildman–Crippen LogP) is 3.11. The van der Waals surface area contributed by atoms with Gasteiger partial charge < -0.3 is 9.84 Å². The average molecular weight is 283 g/mol. The molecule has 4 heteroatoms. The Hall–Kier alpha value is -1.55. The van der Waals surface area contributed by atoms with E-state index in [0.717, 1.165) is 16.1 Å². The molecule has 0 aliphatic carbocycles. The van der Waals surface area contributed by atoms with Crippen molar-refractivity contribution < 1.29 is 14.6 Å². The Bertz CT molecular complexity index is 424. The van der Waals surface area contributed by atoms with Gasteiger partial charge in [0.15, 0.2) is 0 Å². The molecule has 0 heterocycles. The zero-order valence-corrected chi connectivity index (χ0v) is 10.1. The molecular weight excluding hydrogens is 272 g/mol. The highest BCUT2D eigenvalue weighted by Gasteiger charge is 2.00. The van der Waals surface area contributed by atoms with E-state index in [-0.39, 0.29) is 0 Å². The van der Waals surface area contributed by atoms with E-state index in [1.54, 1.807) is 24.3 Å². The summed E-state index contributed by atoms with van der Waals surface area (Å²) >= 11 is 3.34. The second-order valence-corrected chi connectivity index (χ2v) is 3.82. The molecule has 0 unspecified atom stereocenters. The van der Waals surface area contributed by atoms with E-state index in [4.69, 9.17) is 9.84 Å². The largest absolute Gasteiger partial charge is 0.488 e. The summed E-state index contributed by atoms with van der Waals surface area (Å²) < 4.78 is 6.14. The first-order valence-corrected chi connectivity index (χ1v) is 5.37. The van der Waals surface area contributed by atoms with Crippen LogP contribution in [0.1, 0.15) is 5.56 Å². The average Bonchev–Trinajstić information content (AvgIpc) is 2.25. The van der Waals surface area contributed by atoms with E-state index in [0.29, 0.717) is 12.4 Å². The Balaban J connectivity index is 2.82. The van der Waals surface area contributed by atoms with Crippen LogP contribution in [0, 0.1) is 0 Å². The molecule has 0 radical (unpaired) electrons. The molecule has 16 heavy (non-hydrogen) atoms. The van der Waals surface area contributed by atoms with Gasteiger partial charge in [-0.05, 0) is 39.7 Å². The van der Waals surface area contributed by atoms with Crippen LogP contribution in [0.5, 0.6) is 5.75 Å². The molecule has 1 aromatic carbocycles. The predicted molar refractivity (Wildman–Crippen MR) is 66.5 cm³/mol. The minimum atomic E-state index is -0.969. The number of carboxylic acids is 1. The van der Waals surface area contributed by atoms with Gasteiger partial charge in [-0.15, -0.1) is 0 Å². The molecule has 1 rings (SSSR count). The molecule has 0 aliphatic heterocycles. The molecule has 0 amide bonds. The van der Waals surface area contributed by atoms with Crippen LogP contribution < -0.4 is 4.74 Å². The van der Waals surface area contributed by atoms with E-state index < -0.39 is 5.97 Å². The normalized spacial score (nSPS) is 10.3. The van der Waals surface area contributed by atoms with Crippen LogP contribution in [0.15, 0.2) is 41.4 Å². The minimum absolute atomic E-state index is 0.433. The minimum Gasteiger partial charge on any atom is -0.488 e. The number of aliphatic carboxylic acids is 1. The summed E-state index contributed by atoms with van der Waals surface area (Å²) in [5, 5.41) is 8.48. The lowest BCUT2D eigenvalue weighted by Crippen LogP contribution is -1.93. The van der Waals surface area contributed by atoms with Gasteiger partial charge in [0, 0.05) is 6.08 Å². The van der Waals surface area contributed by atoms with E-state index in [9.17, 15) is 4.79 Å². The van der Waals surface area contributed by atoms with E-state index in [1.807, 2.05) is 0 Å². The van der Waals surface area contributed by atoms with E-state index in [1.165, 1.54) is 6.08 Å². The SMILES string of the molecule is C=CCOc1ccc(/C=C/C(=O)O)cc1Br. The van der Waals surface area contributed by atoms with Crippen molar-refractivity contribution in [1.82, 2.24) is 0 Å². The standard InChI is InChI=1S/C12H11BrO3/c1-2-7-16-11-5-3-9(8-10(11)13)4-6-12(14)15/h2-6,8H,1,7H2,(H,14,15)/b6-4+. The van der Waals surface area contributed by atoms with Crippen molar-refractivity contribution in [2.24, 2.45) is 0 Å². The fourth-order valence-corrected chi connectivity index (χ4v) is 1.56. The third-order valence-electron chi connectivity index (χ3n) is 1.73. The number of carbonyl (C=O) groups is 1. The summed E-state index contributed by atoms with van der Waals surface area (Å²) in [4.78, 5) is 10.3. The summed E-state index contributed by atoms with van der Waals surface area (Å²) in [6.07, 6.45) is 4.26. The maximum Gasteiger partial charge on any atom is 0.328 e. The second kappa shape index (κ2) is 6.12. The third kappa shape index (κ3) is 3.90. The van der Waals surface area contributed by atoms with Crippen molar-refractivity contribution in [2.45, 2.75) is 0 Å². The van der Waals surface area contributed by atoms with E-state index >= 15 is 0 Å². The lowest BCUT2D eigenvalue weighted by atomic mass is 10.2. The molecule has 0 atom stereocenters. The van der Waals surface area contributed by atoms with E-state index in [2.05, 4.69) is 22.5 Å². The number of hydrogen-bond donors (Lipinski definition) is 1. The van der Waals surface area contributed by atoms with Crippen molar-refractivity contribution in [2.75, 3.05) is 6.61 Å². The Morgan fingerprint density at radius 3 is 2.88 bits per heavy atom. The molecule has 3 nitrogen and oxygen atoms in total. The number of ether oxygens (including phenoxy) is 1. The highest BCUT2D eigenvalue weighted by molar-refractivity contribution is 9.10. The van der Waals surface area contributed by atoms with Gasteiger partial charge in [-0.3, -0.25) is 0 Å². The van der Waals surface area contributed by atoms with Crippen LogP contribution in [0.3, 0.4) is 0 Å². The van der Waals surface area contributed by atoms with Gasteiger partial charge in [-0.1, -0.05) is 18.7 Å². The molecular formula is C12H11BrO3. The number of halogens is 1. The molecule has 0 fully saturated rings. The smallest absolute Gasteiger partial charge is 0.328 e. The monoisotopic (exact) mass is 282 g/mol. The number of hydrogen-bond acceptors (Lipinski definition) is 2. The summed E-state index contributed by atoms with van der Waals surface area (Å²) in [5.74, 6) is -0.268. The molecule has 0 saturated heterocycles. The molecule has 84 valence electrons. The van der Waals surface area contributed by atoms with Crippen LogP contribution in [-0.2, 0) is 4.79 Å². The maximum atomic E-state index is 10.3. The lowest BCUT2D eigenvalue weighted by Gasteiger charge is -2.06. The van der Waals surface area contributed by atoms with Gasteiger partial charge in [0.2, 0.25) is 0 Å². The van der Waals surface area contributed by atoms with Crippen LogP contribution in [0.2, 0.25) is 0 Å². The first-order valence-electron chi connectivity index (χ1n) is 4.57. The summed E-state index contributed by atoms with van der Waals surface area (Å²) in [6.45, 7) is 3.99. The Labute approximate surface area is 102 Å². The van der Waals surface area contributed by atoms with Crippen molar-refractivity contribution in [3.05, 3.63) is 47.0 Å². The Kier molecular flexibility index (Phi) is 4.79. The van der Waals surface area contributed by atoms with Crippen molar-refractivity contribution >= 4 is 28.0 Å². The van der Waals surface area contributed by atoms with Crippen molar-refractivity contribution in [1.29, 1.82) is 0 Å². The number of benzene rings is 1. The van der Waals surface area contributed by atoms with Gasteiger partial charge in [0.1, 0.15) is 12.4 Å². The van der Waals surface area contributed by atoms with Gasteiger partial charge in [0.05, 0.1) is 4.47 Å². The molecule has 0 saturated carbocycles. The van der Waals surface area contributed by atoms with Crippen LogP contribution in [-0.4, -0.2) is 17.7 Å². The quantitative estimate of drug-likeness (QED) is 0.667. The van der Waals surface area contributed by atoms with Crippen LogP contribution >= 0.6 is 15.9 Å². The number of rotatable bonds is 5. The molecule has 1 aromatic rings. The van der Waals surface area contributed by atoms with Crippen molar-refractivity contribution in [3.8, 4) is 5.75 Å². The molecule has 0 aliphatic rings. The number of carboxylic acid groups (broad SMARTS) is 1. The van der Waals surface area contributed by atoms with Crippen LogP contribution in [0.4, 0.5) is 0 Å². The molecule has 0 bridgehead atoms. The van der Waals surface area contributed by atoms with Gasteiger partial charge >= 0.3 is 5.97 Å². The molecule has 1 N–H and O–H groups in total. The highest BCUT2D eigenvalue weighted by Crippen LogP contribution is 2.26. The highest BCUT2D eigenvalue weighted by atomic mass is 79.9. The third-order valence-corrected chi connectivity index (χ3v) is 2.35. The molecule has 0 aromatic heterocycles.